The molecular formula is C9H22N2O4S. The van der Waals surface area contributed by atoms with Gasteiger partial charge in [0.2, 0.25) is 10.0 Å². The van der Waals surface area contributed by atoms with Gasteiger partial charge in [0.15, 0.2) is 0 Å². The molecule has 0 aliphatic rings. The van der Waals surface area contributed by atoms with Crippen LogP contribution in [-0.2, 0) is 19.5 Å². The van der Waals surface area contributed by atoms with Crippen LogP contribution in [-0.4, -0.2) is 61.2 Å². The van der Waals surface area contributed by atoms with E-state index in [-0.39, 0.29) is 0 Å². The van der Waals surface area contributed by atoms with Crippen molar-refractivity contribution in [2.45, 2.75) is 6.42 Å². The van der Waals surface area contributed by atoms with Gasteiger partial charge in [-0.05, 0) is 6.42 Å². The summed E-state index contributed by atoms with van der Waals surface area (Å²) in [6, 6.07) is 0. The lowest BCUT2D eigenvalue weighted by Gasteiger charge is -2.06. The second-order valence-electron chi connectivity index (χ2n) is 3.38. The van der Waals surface area contributed by atoms with Crippen LogP contribution in [0.5, 0.6) is 0 Å². The fraction of sp³-hybridized carbons (Fsp3) is 1.00. The van der Waals surface area contributed by atoms with Gasteiger partial charge in [-0.25, -0.2) is 13.1 Å². The molecule has 0 bridgehead atoms. The summed E-state index contributed by atoms with van der Waals surface area (Å²) >= 11 is 0. The van der Waals surface area contributed by atoms with E-state index in [0.29, 0.717) is 32.9 Å². The van der Waals surface area contributed by atoms with Gasteiger partial charge < -0.3 is 14.8 Å². The number of nitrogens with one attached hydrogen (secondary N) is 2. The lowest BCUT2D eigenvalue weighted by Crippen LogP contribution is -2.32. The van der Waals surface area contributed by atoms with Gasteiger partial charge in [0.25, 0.3) is 0 Å². The zero-order valence-electron chi connectivity index (χ0n) is 9.99. The predicted octanol–water partition coefficient (Wildman–Crippen LogP) is -0.822. The van der Waals surface area contributed by atoms with Gasteiger partial charge >= 0.3 is 0 Å². The van der Waals surface area contributed by atoms with Crippen molar-refractivity contribution >= 4 is 10.0 Å². The van der Waals surface area contributed by atoms with Gasteiger partial charge in [0.1, 0.15) is 0 Å². The number of hydrogen-bond acceptors (Lipinski definition) is 5. The quantitative estimate of drug-likeness (QED) is 0.471. The molecule has 0 heterocycles. The number of rotatable bonds is 11. The first-order valence-corrected chi connectivity index (χ1v) is 7.17. The summed E-state index contributed by atoms with van der Waals surface area (Å²) < 4.78 is 34.0. The van der Waals surface area contributed by atoms with Gasteiger partial charge in [-0.2, -0.15) is 0 Å². The Morgan fingerprint density at radius 1 is 1.06 bits per heavy atom. The van der Waals surface area contributed by atoms with E-state index in [2.05, 4.69) is 10.0 Å². The normalized spacial score (nSPS) is 11.9. The first kappa shape index (κ1) is 15.8. The van der Waals surface area contributed by atoms with Crippen LogP contribution in [0, 0.1) is 0 Å². The van der Waals surface area contributed by atoms with E-state index in [4.69, 9.17) is 9.47 Å². The minimum absolute atomic E-state index is 0.405. The largest absolute Gasteiger partial charge is 0.385 e. The van der Waals surface area contributed by atoms with Crippen molar-refractivity contribution in [1.82, 2.24) is 10.0 Å². The number of ether oxygens (including phenoxy) is 2. The van der Waals surface area contributed by atoms with Crippen LogP contribution in [0.2, 0.25) is 0 Å². The van der Waals surface area contributed by atoms with Gasteiger partial charge in [-0.3, -0.25) is 0 Å². The Morgan fingerprint density at radius 3 is 2.44 bits per heavy atom. The molecule has 16 heavy (non-hydrogen) atoms. The van der Waals surface area contributed by atoms with Crippen molar-refractivity contribution in [1.29, 1.82) is 0 Å². The SMILES string of the molecule is COCCCOCCNCCNS(C)(=O)=O. The van der Waals surface area contributed by atoms with Gasteiger partial charge in [0.05, 0.1) is 12.9 Å². The van der Waals surface area contributed by atoms with Crippen LogP contribution in [0.3, 0.4) is 0 Å². The minimum Gasteiger partial charge on any atom is -0.385 e. The zero-order valence-corrected chi connectivity index (χ0v) is 10.8. The van der Waals surface area contributed by atoms with E-state index < -0.39 is 10.0 Å². The number of sulfonamides is 1. The predicted molar refractivity (Wildman–Crippen MR) is 63.0 cm³/mol. The summed E-state index contributed by atoms with van der Waals surface area (Å²) in [5.74, 6) is 0. The molecular weight excluding hydrogens is 232 g/mol. The Labute approximate surface area is 97.7 Å². The Kier molecular flexibility index (Phi) is 9.85. The first-order chi connectivity index (χ1) is 7.56. The summed E-state index contributed by atoms with van der Waals surface area (Å²) in [5.41, 5.74) is 0. The average Bonchev–Trinajstić information content (AvgIpc) is 2.19. The smallest absolute Gasteiger partial charge is 0.208 e. The number of methoxy groups -OCH3 is 1. The van der Waals surface area contributed by atoms with Crippen LogP contribution in [0.4, 0.5) is 0 Å². The maximum atomic E-state index is 10.7. The van der Waals surface area contributed by atoms with Gasteiger partial charge in [-0.1, -0.05) is 0 Å². The summed E-state index contributed by atoms with van der Waals surface area (Å²) in [6.07, 6.45) is 2.04. The first-order valence-electron chi connectivity index (χ1n) is 5.28. The summed E-state index contributed by atoms with van der Waals surface area (Å²) in [7, 11) is -1.40. The standard InChI is InChI=1S/C9H22N2O4S/c1-14-7-3-8-15-9-6-10-4-5-11-16(2,12)13/h10-11H,3-9H2,1-2H3. The fourth-order valence-corrected chi connectivity index (χ4v) is 1.47. The maximum absolute atomic E-state index is 10.7. The Morgan fingerprint density at radius 2 is 1.81 bits per heavy atom. The molecule has 2 N–H and O–H groups in total. The molecule has 0 fully saturated rings. The molecule has 6 nitrogen and oxygen atoms in total. The Hall–Kier alpha value is -0.210. The van der Waals surface area contributed by atoms with Crippen molar-refractivity contribution in [3.8, 4) is 0 Å². The zero-order chi connectivity index (χ0) is 12.3. The molecule has 0 aliphatic carbocycles. The van der Waals surface area contributed by atoms with E-state index in [9.17, 15) is 8.42 Å². The molecule has 0 aromatic heterocycles. The van der Waals surface area contributed by atoms with E-state index in [1.54, 1.807) is 7.11 Å². The molecule has 0 aromatic carbocycles. The van der Waals surface area contributed by atoms with Crippen LogP contribution in [0.25, 0.3) is 0 Å². The molecule has 0 saturated heterocycles. The second-order valence-corrected chi connectivity index (χ2v) is 5.21. The summed E-state index contributed by atoms with van der Waals surface area (Å²) in [4.78, 5) is 0. The highest BCUT2D eigenvalue weighted by Gasteiger charge is 1.97. The molecule has 0 saturated carbocycles. The molecule has 0 amide bonds. The van der Waals surface area contributed by atoms with Crippen molar-refractivity contribution < 1.29 is 17.9 Å². The molecule has 0 spiro atoms. The molecule has 0 unspecified atom stereocenters. The highest BCUT2D eigenvalue weighted by molar-refractivity contribution is 7.88. The maximum Gasteiger partial charge on any atom is 0.208 e. The van der Waals surface area contributed by atoms with Crippen molar-refractivity contribution in [2.75, 3.05) is 52.8 Å². The third kappa shape index (κ3) is 13.8. The molecule has 0 rings (SSSR count). The molecule has 0 aromatic rings. The second kappa shape index (κ2) is 9.98. The number of hydrogen-bond donors (Lipinski definition) is 2. The summed E-state index contributed by atoms with van der Waals surface area (Å²) in [5, 5.41) is 3.07. The highest BCUT2D eigenvalue weighted by atomic mass is 32.2. The average molecular weight is 254 g/mol. The van der Waals surface area contributed by atoms with E-state index in [0.717, 1.165) is 19.2 Å². The molecule has 0 radical (unpaired) electrons. The van der Waals surface area contributed by atoms with E-state index >= 15 is 0 Å². The summed E-state index contributed by atoms with van der Waals surface area (Å²) in [6.45, 7) is 3.76. The van der Waals surface area contributed by atoms with Crippen LogP contribution >= 0.6 is 0 Å². The van der Waals surface area contributed by atoms with Gasteiger partial charge in [0, 0.05) is 40.0 Å². The van der Waals surface area contributed by atoms with Crippen LogP contribution in [0.1, 0.15) is 6.42 Å². The van der Waals surface area contributed by atoms with Crippen molar-refractivity contribution in [2.24, 2.45) is 0 Å². The van der Waals surface area contributed by atoms with Crippen LogP contribution in [0.15, 0.2) is 0 Å². The van der Waals surface area contributed by atoms with Crippen molar-refractivity contribution in [3.63, 3.8) is 0 Å². The lowest BCUT2D eigenvalue weighted by molar-refractivity contribution is 0.104. The van der Waals surface area contributed by atoms with Gasteiger partial charge in [-0.15, -0.1) is 0 Å². The fourth-order valence-electron chi connectivity index (χ4n) is 1.00. The topological polar surface area (TPSA) is 76.7 Å². The van der Waals surface area contributed by atoms with E-state index in [1.807, 2.05) is 0 Å². The molecule has 0 aliphatic heterocycles. The lowest BCUT2D eigenvalue weighted by atomic mass is 10.5. The molecule has 98 valence electrons. The highest BCUT2D eigenvalue weighted by Crippen LogP contribution is 1.82. The van der Waals surface area contributed by atoms with Crippen LogP contribution < -0.4 is 10.0 Å². The monoisotopic (exact) mass is 254 g/mol. The minimum atomic E-state index is -3.07. The third-order valence-corrected chi connectivity index (χ3v) is 2.45. The third-order valence-electron chi connectivity index (χ3n) is 1.73. The van der Waals surface area contributed by atoms with Crippen molar-refractivity contribution in [3.05, 3.63) is 0 Å². The molecule has 0 atom stereocenters. The van der Waals surface area contributed by atoms with E-state index in [1.165, 1.54) is 0 Å². The Balaban J connectivity index is 3.05. The Bertz CT molecular complexity index is 244. The molecule has 7 heteroatoms.